The average molecular weight is 469 g/mol. The lowest BCUT2D eigenvalue weighted by Crippen LogP contribution is -2.39. The molecule has 2 aromatic rings. The molecule has 1 aromatic heterocycles. The molecular formula is C25H32N4O3S. The number of thioether (sulfide) groups is 1. The van der Waals surface area contributed by atoms with Gasteiger partial charge in [0.2, 0.25) is 0 Å². The molecule has 0 spiro atoms. The van der Waals surface area contributed by atoms with Crippen LogP contribution in [0.2, 0.25) is 0 Å². The van der Waals surface area contributed by atoms with Crippen LogP contribution in [0.5, 0.6) is 0 Å². The van der Waals surface area contributed by atoms with Gasteiger partial charge in [0, 0.05) is 35.7 Å². The van der Waals surface area contributed by atoms with E-state index in [1.807, 2.05) is 30.3 Å². The van der Waals surface area contributed by atoms with Crippen molar-refractivity contribution in [3.05, 3.63) is 42.4 Å². The highest BCUT2D eigenvalue weighted by Crippen LogP contribution is 2.34. The zero-order valence-corrected chi connectivity index (χ0v) is 19.7. The van der Waals surface area contributed by atoms with Crippen molar-refractivity contribution in [2.24, 2.45) is 5.92 Å². The lowest BCUT2D eigenvalue weighted by molar-refractivity contribution is -0.137. The van der Waals surface area contributed by atoms with Gasteiger partial charge in [-0.3, -0.25) is 9.59 Å². The first-order valence-electron chi connectivity index (χ1n) is 11.9. The molecule has 2 saturated carbocycles. The van der Waals surface area contributed by atoms with Gasteiger partial charge in [0.05, 0.1) is 0 Å². The molecule has 1 heterocycles. The Morgan fingerprint density at radius 1 is 1.06 bits per heavy atom. The second-order valence-electron chi connectivity index (χ2n) is 8.97. The minimum absolute atomic E-state index is 0.181. The molecule has 2 fully saturated rings. The molecule has 0 atom stereocenters. The highest BCUT2D eigenvalue weighted by molar-refractivity contribution is 7.99. The summed E-state index contributed by atoms with van der Waals surface area (Å²) in [6, 6.07) is 9.94. The van der Waals surface area contributed by atoms with Gasteiger partial charge in [0.15, 0.2) is 0 Å². The Balaban J connectivity index is 1.37. The molecule has 1 aromatic carbocycles. The van der Waals surface area contributed by atoms with Crippen LogP contribution in [0.4, 0.5) is 11.5 Å². The normalized spacial score (nSPS) is 16.4. The van der Waals surface area contributed by atoms with Crippen molar-refractivity contribution < 1.29 is 14.7 Å². The van der Waals surface area contributed by atoms with Crippen LogP contribution in [0, 0.1) is 5.92 Å². The maximum Gasteiger partial charge on any atom is 0.303 e. The van der Waals surface area contributed by atoms with Crippen LogP contribution in [0.1, 0.15) is 68.3 Å². The van der Waals surface area contributed by atoms with Crippen LogP contribution in [0.25, 0.3) is 0 Å². The highest BCUT2D eigenvalue weighted by Gasteiger charge is 2.30. The number of carboxylic acid groups (broad SMARTS) is 1. The fraction of sp³-hybridized carbons (Fsp3) is 0.520. The average Bonchev–Trinajstić information content (AvgIpc) is 3.66. The highest BCUT2D eigenvalue weighted by atomic mass is 32.2. The van der Waals surface area contributed by atoms with E-state index in [1.165, 1.54) is 51.3 Å². The first-order chi connectivity index (χ1) is 16.1. The number of carbonyl (C=O) groups excluding carboxylic acids is 1. The molecule has 33 heavy (non-hydrogen) atoms. The van der Waals surface area contributed by atoms with Gasteiger partial charge in [-0.2, -0.15) is 0 Å². The number of benzene rings is 1. The largest absolute Gasteiger partial charge is 0.481 e. The number of hydrogen-bond donors (Lipinski definition) is 2. The summed E-state index contributed by atoms with van der Waals surface area (Å²) in [7, 11) is 0. The van der Waals surface area contributed by atoms with Crippen LogP contribution in [-0.2, 0) is 4.79 Å². The van der Waals surface area contributed by atoms with Crippen molar-refractivity contribution in [2.75, 3.05) is 22.5 Å². The lowest BCUT2D eigenvalue weighted by Gasteiger charge is -2.35. The predicted octanol–water partition coefficient (Wildman–Crippen LogP) is 5.23. The van der Waals surface area contributed by atoms with Crippen LogP contribution < -0.4 is 10.2 Å². The van der Waals surface area contributed by atoms with Crippen molar-refractivity contribution in [2.45, 2.75) is 68.7 Å². The second kappa shape index (κ2) is 11.5. The number of nitrogens with zero attached hydrogens (tertiary/aromatic N) is 3. The van der Waals surface area contributed by atoms with E-state index in [0.29, 0.717) is 23.8 Å². The molecule has 2 aliphatic rings. The summed E-state index contributed by atoms with van der Waals surface area (Å²) >= 11 is 1.61. The quantitative estimate of drug-likeness (QED) is 0.344. The maximum atomic E-state index is 12.9. The number of amides is 1. The third-order valence-electron chi connectivity index (χ3n) is 6.26. The molecule has 7 nitrogen and oxygen atoms in total. The van der Waals surface area contributed by atoms with E-state index in [1.54, 1.807) is 11.8 Å². The van der Waals surface area contributed by atoms with E-state index in [0.717, 1.165) is 28.9 Å². The first-order valence-corrected chi connectivity index (χ1v) is 12.9. The first kappa shape index (κ1) is 23.5. The molecule has 2 aliphatic carbocycles. The fourth-order valence-corrected chi connectivity index (χ4v) is 5.13. The smallest absolute Gasteiger partial charge is 0.303 e. The zero-order valence-electron chi connectivity index (χ0n) is 18.9. The Morgan fingerprint density at radius 3 is 2.52 bits per heavy atom. The van der Waals surface area contributed by atoms with E-state index in [-0.39, 0.29) is 12.3 Å². The summed E-state index contributed by atoms with van der Waals surface area (Å²) in [4.78, 5) is 35.7. The second-order valence-corrected chi connectivity index (χ2v) is 10.1. The van der Waals surface area contributed by atoms with Crippen molar-refractivity contribution in [3.63, 3.8) is 0 Å². The molecule has 0 saturated heterocycles. The minimum atomic E-state index is -0.768. The third-order valence-corrected chi connectivity index (χ3v) is 7.36. The molecular weight excluding hydrogens is 436 g/mol. The molecule has 2 N–H and O–H groups in total. The van der Waals surface area contributed by atoms with E-state index in [2.05, 4.69) is 20.2 Å². The number of hydrogen-bond acceptors (Lipinski definition) is 6. The summed E-state index contributed by atoms with van der Waals surface area (Å²) in [6.07, 6.45) is 11.1. The Bertz CT molecular complexity index is 943. The monoisotopic (exact) mass is 468 g/mol. The van der Waals surface area contributed by atoms with E-state index in [4.69, 9.17) is 5.11 Å². The van der Waals surface area contributed by atoms with Crippen LogP contribution in [0.15, 0.2) is 41.6 Å². The Kier molecular flexibility index (Phi) is 8.20. The number of anilines is 2. The molecule has 8 heteroatoms. The zero-order chi connectivity index (χ0) is 23.0. The predicted molar refractivity (Wildman–Crippen MR) is 131 cm³/mol. The molecule has 0 aliphatic heterocycles. The Hall–Kier alpha value is -2.61. The summed E-state index contributed by atoms with van der Waals surface area (Å²) < 4.78 is 0. The molecule has 176 valence electrons. The van der Waals surface area contributed by atoms with Gasteiger partial charge < -0.3 is 15.3 Å². The number of nitrogens with one attached hydrogen (secondary N) is 1. The van der Waals surface area contributed by atoms with Gasteiger partial charge in [-0.1, -0.05) is 19.3 Å². The van der Waals surface area contributed by atoms with Gasteiger partial charge in [-0.05, 0) is 68.0 Å². The maximum absolute atomic E-state index is 12.9. The third kappa shape index (κ3) is 7.19. The van der Waals surface area contributed by atoms with Gasteiger partial charge in [0.1, 0.15) is 17.8 Å². The fourth-order valence-electron chi connectivity index (χ4n) is 4.27. The summed E-state index contributed by atoms with van der Waals surface area (Å²) in [5, 5.41) is 11.7. The van der Waals surface area contributed by atoms with Crippen molar-refractivity contribution in [3.8, 4) is 0 Å². The minimum Gasteiger partial charge on any atom is -0.481 e. The van der Waals surface area contributed by atoms with E-state index >= 15 is 0 Å². The lowest BCUT2D eigenvalue weighted by atomic mass is 9.94. The molecule has 0 unspecified atom stereocenters. The van der Waals surface area contributed by atoms with Gasteiger partial charge in [-0.25, -0.2) is 9.97 Å². The van der Waals surface area contributed by atoms with Gasteiger partial charge >= 0.3 is 5.97 Å². The molecule has 4 rings (SSSR count). The summed E-state index contributed by atoms with van der Waals surface area (Å²) in [5.74, 6) is 1.35. The number of aliphatic carboxylic acids is 1. The SMILES string of the molecule is O=C(O)CCCSc1ccc(NC(=O)c2cc(N(CC3CC3)C3CCCCC3)ncn2)cc1. The van der Waals surface area contributed by atoms with Gasteiger partial charge in [0.25, 0.3) is 5.91 Å². The van der Waals surface area contributed by atoms with Gasteiger partial charge in [-0.15, -0.1) is 11.8 Å². The number of rotatable bonds is 11. The standard InChI is InChI=1S/C25H32N4O3S/c30-24(31)7-4-14-33-21-12-10-19(11-13-21)28-25(32)22-15-23(27-17-26-22)29(16-18-8-9-18)20-5-2-1-3-6-20/h10-13,15,17-18,20H,1-9,14,16H2,(H,28,32)(H,30,31). The summed E-state index contributed by atoms with van der Waals surface area (Å²) in [6.45, 7) is 1.02. The number of carboxylic acids is 1. The topological polar surface area (TPSA) is 95.4 Å². The van der Waals surface area contributed by atoms with Crippen LogP contribution in [-0.4, -0.2) is 45.3 Å². The van der Waals surface area contributed by atoms with Crippen LogP contribution in [0.3, 0.4) is 0 Å². The molecule has 0 bridgehead atoms. The summed E-state index contributed by atoms with van der Waals surface area (Å²) in [5.41, 5.74) is 1.08. The van der Waals surface area contributed by atoms with Crippen molar-refractivity contribution in [1.29, 1.82) is 0 Å². The Morgan fingerprint density at radius 2 is 1.82 bits per heavy atom. The number of aromatic nitrogens is 2. The van der Waals surface area contributed by atoms with Crippen LogP contribution >= 0.6 is 11.8 Å². The van der Waals surface area contributed by atoms with Crippen molar-refractivity contribution in [1.82, 2.24) is 9.97 Å². The molecule has 1 amide bonds. The Labute approximate surface area is 199 Å². The van der Waals surface area contributed by atoms with E-state index in [9.17, 15) is 9.59 Å². The van der Waals surface area contributed by atoms with E-state index < -0.39 is 5.97 Å². The number of carbonyl (C=O) groups is 2. The van der Waals surface area contributed by atoms with Crippen molar-refractivity contribution >= 4 is 35.1 Å². The molecule has 0 radical (unpaired) electrons.